The van der Waals surface area contributed by atoms with Gasteiger partial charge in [0.1, 0.15) is 11.6 Å². The first-order valence-corrected chi connectivity index (χ1v) is 9.15. The van der Waals surface area contributed by atoms with Crippen LogP contribution in [0.15, 0.2) is 70.9 Å². The van der Waals surface area contributed by atoms with Gasteiger partial charge in [-0.3, -0.25) is 18.6 Å². The zero-order chi connectivity index (χ0) is 19.7. The Bertz CT molecular complexity index is 1230. The monoisotopic (exact) mass is 398 g/mol. The van der Waals surface area contributed by atoms with Gasteiger partial charge in [-0.05, 0) is 42.5 Å². The Morgan fingerprint density at radius 3 is 2.54 bits per heavy atom. The lowest BCUT2D eigenvalue weighted by Crippen LogP contribution is -2.20. The predicted octanol–water partition coefficient (Wildman–Crippen LogP) is 3.13. The minimum Gasteiger partial charge on any atom is -0.293 e. The first-order chi connectivity index (χ1) is 13.5. The van der Waals surface area contributed by atoms with Crippen molar-refractivity contribution in [2.75, 3.05) is 5.75 Å². The molecular weight excluding hydrogens is 386 g/mol. The number of thioether (sulfide) groups is 1. The van der Waals surface area contributed by atoms with Gasteiger partial charge >= 0.3 is 5.56 Å². The SMILES string of the molecule is O=C(CSc1nnc2c(=O)n(-c3cccc(F)c3)ccn12)c1ccc(F)cc1. The van der Waals surface area contributed by atoms with E-state index in [4.69, 9.17) is 0 Å². The number of nitrogens with zero attached hydrogens (tertiary/aromatic N) is 4. The van der Waals surface area contributed by atoms with Gasteiger partial charge in [-0.25, -0.2) is 8.78 Å². The molecule has 0 aliphatic rings. The van der Waals surface area contributed by atoms with Gasteiger partial charge in [0.25, 0.3) is 0 Å². The van der Waals surface area contributed by atoms with Crippen molar-refractivity contribution in [1.29, 1.82) is 0 Å². The van der Waals surface area contributed by atoms with Crippen molar-refractivity contribution in [3.05, 3.63) is 88.5 Å². The maximum atomic E-state index is 13.4. The Labute approximate surface area is 161 Å². The molecule has 0 atom stereocenters. The van der Waals surface area contributed by atoms with Gasteiger partial charge in [-0.2, -0.15) is 0 Å². The van der Waals surface area contributed by atoms with Gasteiger partial charge in [-0.15, -0.1) is 10.2 Å². The number of aromatic nitrogens is 4. The number of halogens is 2. The van der Waals surface area contributed by atoms with Crippen molar-refractivity contribution in [1.82, 2.24) is 19.2 Å². The second-order valence-electron chi connectivity index (χ2n) is 5.85. The highest BCUT2D eigenvalue weighted by molar-refractivity contribution is 7.99. The van der Waals surface area contributed by atoms with Crippen LogP contribution in [0.25, 0.3) is 11.3 Å². The lowest BCUT2D eigenvalue weighted by molar-refractivity contribution is 0.102. The normalized spacial score (nSPS) is 11.1. The number of carbonyl (C=O) groups excluding carboxylic acids is 1. The van der Waals surface area contributed by atoms with Crippen LogP contribution in [-0.2, 0) is 0 Å². The summed E-state index contributed by atoms with van der Waals surface area (Å²) in [6, 6.07) is 10.9. The predicted molar refractivity (Wildman–Crippen MR) is 100.0 cm³/mol. The van der Waals surface area contributed by atoms with Crippen LogP contribution >= 0.6 is 11.8 Å². The third-order valence-corrected chi connectivity index (χ3v) is 4.97. The lowest BCUT2D eigenvalue weighted by atomic mass is 10.1. The maximum Gasteiger partial charge on any atom is 0.300 e. The minimum atomic E-state index is -0.461. The molecule has 0 spiro atoms. The van der Waals surface area contributed by atoms with Crippen LogP contribution in [-0.4, -0.2) is 30.7 Å². The zero-order valence-corrected chi connectivity index (χ0v) is 15.1. The average molecular weight is 398 g/mol. The molecule has 0 aliphatic carbocycles. The molecule has 0 fully saturated rings. The van der Waals surface area contributed by atoms with Crippen molar-refractivity contribution >= 4 is 23.2 Å². The molecule has 0 saturated heterocycles. The van der Waals surface area contributed by atoms with E-state index >= 15 is 0 Å². The summed E-state index contributed by atoms with van der Waals surface area (Å²) in [7, 11) is 0. The van der Waals surface area contributed by atoms with Crippen molar-refractivity contribution in [3.8, 4) is 5.69 Å². The molecule has 2 aromatic heterocycles. The molecule has 6 nitrogen and oxygen atoms in total. The van der Waals surface area contributed by atoms with Gasteiger partial charge in [0.05, 0.1) is 11.4 Å². The molecule has 2 heterocycles. The standard InChI is InChI=1S/C19H12F2N4O2S/c20-13-6-4-12(5-7-13)16(26)11-28-19-23-22-17-18(27)24(8-9-25(17)19)15-3-1-2-14(21)10-15/h1-10H,11H2. The molecule has 0 bridgehead atoms. The summed E-state index contributed by atoms with van der Waals surface area (Å²) in [6.45, 7) is 0. The molecule has 0 aliphatic heterocycles. The van der Waals surface area contributed by atoms with E-state index in [-0.39, 0.29) is 17.2 Å². The Kier molecular flexibility index (Phi) is 4.74. The number of carbonyl (C=O) groups is 1. The average Bonchev–Trinajstić information content (AvgIpc) is 3.11. The molecule has 2 aromatic carbocycles. The fraction of sp³-hybridized carbons (Fsp3) is 0.0526. The fourth-order valence-corrected chi connectivity index (χ4v) is 3.45. The highest BCUT2D eigenvalue weighted by atomic mass is 32.2. The van der Waals surface area contributed by atoms with E-state index < -0.39 is 17.2 Å². The number of ketones is 1. The van der Waals surface area contributed by atoms with Crippen molar-refractivity contribution in [2.24, 2.45) is 0 Å². The Morgan fingerprint density at radius 1 is 1.00 bits per heavy atom. The van der Waals surface area contributed by atoms with E-state index in [2.05, 4.69) is 10.2 Å². The quantitative estimate of drug-likeness (QED) is 0.382. The first-order valence-electron chi connectivity index (χ1n) is 8.17. The first kappa shape index (κ1) is 18.1. The summed E-state index contributed by atoms with van der Waals surface area (Å²) in [6.07, 6.45) is 3.06. The topological polar surface area (TPSA) is 69.3 Å². The summed E-state index contributed by atoms with van der Waals surface area (Å²) in [5, 5.41) is 8.23. The third-order valence-electron chi connectivity index (χ3n) is 4.02. The van der Waals surface area contributed by atoms with Crippen molar-refractivity contribution in [2.45, 2.75) is 5.16 Å². The molecule has 140 valence electrons. The molecule has 28 heavy (non-hydrogen) atoms. The molecule has 0 radical (unpaired) electrons. The van der Waals surface area contributed by atoms with Crippen molar-refractivity contribution < 1.29 is 13.6 Å². The fourth-order valence-electron chi connectivity index (χ4n) is 2.64. The Morgan fingerprint density at radius 2 is 1.79 bits per heavy atom. The highest BCUT2D eigenvalue weighted by Gasteiger charge is 2.14. The Hall–Kier alpha value is -3.33. The lowest BCUT2D eigenvalue weighted by Gasteiger charge is -2.06. The molecule has 4 aromatic rings. The number of hydrogen-bond donors (Lipinski definition) is 0. The van der Waals surface area contributed by atoms with Crippen LogP contribution in [0, 0.1) is 11.6 Å². The van der Waals surface area contributed by atoms with E-state index in [1.165, 1.54) is 57.6 Å². The van der Waals surface area contributed by atoms with Crippen LogP contribution in [0.3, 0.4) is 0 Å². The van der Waals surface area contributed by atoms with E-state index in [1.807, 2.05) is 0 Å². The number of benzene rings is 2. The van der Waals surface area contributed by atoms with E-state index in [0.717, 1.165) is 11.8 Å². The van der Waals surface area contributed by atoms with Crippen molar-refractivity contribution in [3.63, 3.8) is 0 Å². The van der Waals surface area contributed by atoms with Gasteiger partial charge in [0.2, 0.25) is 5.65 Å². The molecule has 9 heteroatoms. The van der Waals surface area contributed by atoms with Crippen LogP contribution in [0.2, 0.25) is 0 Å². The van der Waals surface area contributed by atoms with Crippen LogP contribution in [0.1, 0.15) is 10.4 Å². The van der Waals surface area contributed by atoms with Crippen LogP contribution < -0.4 is 5.56 Å². The third kappa shape index (κ3) is 3.44. The molecule has 0 amide bonds. The molecular formula is C19H12F2N4O2S. The van der Waals surface area contributed by atoms with Gasteiger partial charge in [0.15, 0.2) is 10.9 Å². The molecule has 0 N–H and O–H groups in total. The summed E-state index contributed by atoms with van der Waals surface area (Å²) in [5.41, 5.74) is 0.355. The largest absolute Gasteiger partial charge is 0.300 e. The molecule has 0 unspecified atom stereocenters. The smallest absolute Gasteiger partial charge is 0.293 e. The summed E-state index contributed by atoms with van der Waals surface area (Å²) in [5.74, 6) is -1.02. The zero-order valence-electron chi connectivity index (χ0n) is 14.3. The minimum absolute atomic E-state index is 0.0550. The summed E-state index contributed by atoms with van der Waals surface area (Å²) in [4.78, 5) is 24.9. The van der Waals surface area contributed by atoms with E-state index in [9.17, 15) is 18.4 Å². The second kappa shape index (κ2) is 7.35. The van der Waals surface area contributed by atoms with Crippen LogP contribution in [0.4, 0.5) is 8.78 Å². The van der Waals surface area contributed by atoms with Gasteiger partial charge < -0.3 is 0 Å². The number of Topliss-reactive ketones (excluding diaryl/α,β-unsaturated/α-hetero) is 1. The van der Waals surface area contributed by atoms with E-state index in [0.29, 0.717) is 16.4 Å². The Balaban J connectivity index is 1.59. The second-order valence-corrected chi connectivity index (χ2v) is 6.79. The molecule has 4 rings (SSSR count). The summed E-state index contributed by atoms with van der Waals surface area (Å²) >= 11 is 1.11. The highest BCUT2D eigenvalue weighted by Crippen LogP contribution is 2.18. The maximum absolute atomic E-state index is 13.4. The number of hydrogen-bond acceptors (Lipinski definition) is 5. The van der Waals surface area contributed by atoms with Gasteiger partial charge in [0, 0.05) is 18.0 Å². The van der Waals surface area contributed by atoms with Crippen LogP contribution in [0.5, 0.6) is 0 Å². The number of rotatable bonds is 5. The van der Waals surface area contributed by atoms with Gasteiger partial charge in [-0.1, -0.05) is 17.8 Å². The summed E-state index contributed by atoms with van der Waals surface area (Å²) < 4.78 is 29.1. The number of fused-ring (bicyclic) bond motifs is 1. The molecule has 0 saturated carbocycles. The van der Waals surface area contributed by atoms with E-state index in [1.54, 1.807) is 12.3 Å².